The van der Waals surface area contributed by atoms with Gasteiger partial charge in [0.2, 0.25) is 0 Å². The summed E-state index contributed by atoms with van der Waals surface area (Å²) in [6, 6.07) is 0. The number of rotatable bonds is 2. The molecule has 0 N–H and O–H groups in total. The maximum atomic E-state index is 10.7. The molecule has 0 spiro atoms. The Hall–Kier alpha value is 0.650. The van der Waals surface area contributed by atoms with Crippen LogP contribution in [0.2, 0.25) is 0 Å². The molecule has 0 aromatic heterocycles. The summed E-state index contributed by atoms with van der Waals surface area (Å²) in [5, 5.41) is 1.13. The summed E-state index contributed by atoms with van der Waals surface area (Å²) in [5.41, 5.74) is 0. The summed E-state index contributed by atoms with van der Waals surface area (Å²) in [7, 11) is -2.97. The van der Waals surface area contributed by atoms with Crippen molar-refractivity contribution in [2.75, 3.05) is 5.75 Å². The minimum atomic E-state index is -2.97. The van der Waals surface area contributed by atoms with E-state index in [4.69, 9.17) is 0 Å². The molecule has 0 amide bonds. The van der Waals surface area contributed by atoms with Gasteiger partial charge in [0.15, 0.2) is 9.84 Å². The fraction of sp³-hybridized carbons (Fsp3) is 0.500. The summed E-state index contributed by atoms with van der Waals surface area (Å²) in [5.74, 6) is 0.133. The lowest BCUT2D eigenvalue weighted by Crippen LogP contribution is -1.96. The van der Waals surface area contributed by atoms with Gasteiger partial charge in [0.25, 0.3) is 0 Å². The lowest BCUT2D eigenvalue weighted by atomic mass is 11.0. The van der Waals surface area contributed by atoms with Crippen LogP contribution < -0.4 is 0 Å². The lowest BCUT2D eigenvalue weighted by molar-refractivity contribution is 0.606. The van der Waals surface area contributed by atoms with E-state index in [1.165, 1.54) is 0 Å². The summed E-state index contributed by atoms with van der Waals surface area (Å²) in [6.45, 7) is 1.59. The topological polar surface area (TPSA) is 34.1 Å². The van der Waals surface area contributed by atoms with E-state index in [2.05, 4.69) is 31.9 Å². The number of sulfone groups is 1. The molecule has 0 aliphatic carbocycles. The van der Waals surface area contributed by atoms with Crippen molar-refractivity contribution < 1.29 is 8.42 Å². The zero-order valence-electron chi connectivity index (χ0n) is 4.77. The normalized spacial score (nSPS) is 11.0. The average Bonchev–Trinajstić information content (AvgIpc) is 1.63. The predicted molar refractivity (Wildman–Crippen MR) is 45.4 cm³/mol. The van der Waals surface area contributed by atoms with Gasteiger partial charge in [0.1, 0.15) is 0 Å². The summed E-state index contributed by atoms with van der Waals surface area (Å²) < 4.78 is 21.8. The molecule has 0 radical (unpaired) electrons. The van der Waals surface area contributed by atoms with Gasteiger partial charge in [-0.15, -0.1) is 0 Å². The molecule has 0 saturated heterocycles. The highest BCUT2D eigenvalue weighted by molar-refractivity contribution is 9.28. The first kappa shape index (κ1) is 9.65. The zero-order valence-corrected chi connectivity index (χ0v) is 8.75. The Morgan fingerprint density at radius 2 is 2.00 bits per heavy atom. The van der Waals surface area contributed by atoms with E-state index in [0.29, 0.717) is 3.39 Å². The second-order valence-electron chi connectivity index (χ2n) is 1.36. The van der Waals surface area contributed by atoms with Crippen LogP contribution in [0.4, 0.5) is 0 Å². The molecule has 0 bridgehead atoms. The quantitative estimate of drug-likeness (QED) is 0.774. The number of hydrogen-bond donors (Lipinski definition) is 0. The number of halogens is 2. The van der Waals surface area contributed by atoms with E-state index in [1.54, 1.807) is 6.92 Å². The Kier molecular flexibility index (Phi) is 4.00. The Bertz CT molecular complexity index is 201. The Labute approximate surface area is 71.5 Å². The number of hydrogen-bond acceptors (Lipinski definition) is 2. The summed E-state index contributed by atoms with van der Waals surface area (Å²) >= 11 is 5.90. The molecule has 0 aliphatic heterocycles. The fourth-order valence-electron chi connectivity index (χ4n) is 0.219. The van der Waals surface area contributed by atoms with Crippen molar-refractivity contribution >= 4 is 41.7 Å². The Morgan fingerprint density at radius 3 is 2.11 bits per heavy atom. The van der Waals surface area contributed by atoms with Crippen LogP contribution in [-0.2, 0) is 9.84 Å². The van der Waals surface area contributed by atoms with Gasteiger partial charge >= 0.3 is 0 Å². The van der Waals surface area contributed by atoms with Gasteiger partial charge in [-0.25, -0.2) is 8.42 Å². The first-order valence-corrected chi connectivity index (χ1v) is 5.53. The molecule has 0 saturated carbocycles. The highest BCUT2D eigenvalue weighted by Gasteiger charge is 2.01. The minimum Gasteiger partial charge on any atom is -0.224 e. The second-order valence-corrected chi connectivity index (χ2v) is 6.27. The monoisotopic (exact) mass is 276 g/mol. The average molecular weight is 278 g/mol. The van der Waals surface area contributed by atoms with E-state index in [-0.39, 0.29) is 5.75 Å². The van der Waals surface area contributed by atoms with Gasteiger partial charge in [-0.05, 0) is 31.9 Å². The molecular formula is C4H6Br2O2S. The van der Waals surface area contributed by atoms with Crippen LogP contribution in [0.1, 0.15) is 6.92 Å². The molecule has 0 rings (SSSR count). The lowest BCUT2D eigenvalue weighted by Gasteiger charge is -1.88. The minimum absolute atomic E-state index is 0.133. The molecule has 0 heterocycles. The molecule has 54 valence electrons. The Balaban J connectivity index is 4.41. The van der Waals surface area contributed by atoms with Crippen LogP contribution in [0.5, 0.6) is 0 Å². The third kappa shape index (κ3) is 5.11. The van der Waals surface area contributed by atoms with Crippen molar-refractivity contribution in [1.82, 2.24) is 0 Å². The first-order valence-electron chi connectivity index (χ1n) is 2.23. The van der Waals surface area contributed by atoms with Gasteiger partial charge in [0.05, 0.1) is 14.6 Å². The standard InChI is InChI=1S/C4H6Br2O2S/c1-2-9(7,8)3-4(5)6/h3H,2H2,1H3. The van der Waals surface area contributed by atoms with Crippen LogP contribution in [0, 0.1) is 0 Å². The Morgan fingerprint density at radius 1 is 1.56 bits per heavy atom. The predicted octanol–water partition coefficient (Wildman–Crippen LogP) is 2.01. The van der Waals surface area contributed by atoms with Crippen molar-refractivity contribution in [2.24, 2.45) is 0 Å². The molecule has 0 unspecified atom stereocenters. The molecule has 0 atom stereocenters. The van der Waals surface area contributed by atoms with Gasteiger partial charge in [-0.1, -0.05) is 6.92 Å². The van der Waals surface area contributed by atoms with E-state index >= 15 is 0 Å². The van der Waals surface area contributed by atoms with E-state index in [1.807, 2.05) is 0 Å². The smallest absolute Gasteiger partial charge is 0.172 e. The van der Waals surface area contributed by atoms with Crippen LogP contribution in [0.15, 0.2) is 8.80 Å². The third-order valence-electron chi connectivity index (χ3n) is 0.671. The SMILES string of the molecule is CCS(=O)(=O)C=C(Br)Br. The van der Waals surface area contributed by atoms with Crippen LogP contribution in [-0.4, -0.2) is 14.2 Å². The summed E-state index contributed by atoms with van der Waals surface area (Å²) in [4.78, 5) is 0. The van der Waals surface area contributed by atoms with Gasteiger partial charge in [-0.2, -0.15) is 0 Å². The molecular weight excluding hydrogens is 272 g/mol. The van der Waals surface area contributed by atoms with E-state index < -0.39 is 9.84 Å². The van der Waals surface area contributed by atoms with Crippen molar-refractivity contribution in [2.45, 2.75) is 6.92 Å². The molecule has 0 aromatic rings. The maximum absolute atomic E-state index is 10.7. The van der Waals surface area contributed by atoms with Crippen molar-refractivity contribution in [1.29, 1.82) is 0 Å². The molecule has 0 fully saturated rings. The third-order valence-corrected chi connectivity index (χ3v) is 3.13. The van der Waals surface area contributed by atoms with E-state index in [0.717, 1.165) is 5.41 Å². The largest absolute Gasteiger partial charge is 0.224 e. The van der Waals surface area contributed by atoms with Crippen LogP contribution >= 0.6 is 31.9 Å². The van der Waals surface area contributed by atoms with E-state index in [9.17, 15) is 8.42 Å². The molecule has 0 aromatic carbocycles. The highest BCUT2D eigenvalue weighted by Crippen LogP contribution is 2.14. The molecule has 9 heavy (non-hydrogen) atoms. The van der Waals surface area contributed by atoms with Gasteiger partial charge < -0.3 is 0 Å². The second kappa shape index (κ2) is 3.73. The van der Waals surface area contributed by atoms with Gasteiger partial charge in [0, 0.05) is 0 Å². The van der Waals surface area contributed by atoms with Crippen molar-refractivity contribution in [3.8, 4) is 0 Å². The van der Waals surface area contributed by atoms with Crippen LogP contribution in [0.3, 0.4) is 0 Å². The van der Waals surface area contributed by atoms with Crippen LogP contribution in [0.25, 0.3) is 0 Å². The molecule has 5 heteroatoms. The van der Waals surface area contributed by atoms with Crippen molar-refractivity contribution in [3.63, 3.8) is 0 Å². The zero-order chi connectivity index (χ0) is 7.49. The maximum Gasteiger partial charge on any atom is 0.172 e. The highest BCUT2D eigenvalue weighted by atomic mass is 79.9. The molecule has 2 nitrogen and oxygen atoms in total. The van der Waals surface area contributed by atoms with Gasteiger partial charge in [-0.3, -0.25) is 0 Å². The first-order chi connectivity index (χ1) is 3.98. The molecule has 0 aliphatic rings. The van der Waals surface area contributed by atoms with Crippen molar-refractivity contribution in [3.05, 3.63) is 8.80 Å². The fourth-order valence-corrected chi connectivity index (χ4v) is 2.37. The summed E-state index contributed by atoms with van der Waals surface area (Å²) in [6.07, 6.45) is 0.